The molecule has 1 aliphatic rings. The van der Waals surface area contributed by atoms with Gasteiger partial charge >= 0.3 is 0 Å². The largest absolute Gasteiger partial charge is 0.330 e. The molecule has 2 atom stereocenters. The van der Waals surface area contributed by atoms with Crippen LogP contribution in [0.2, 0.25) is 0 Å². The van der Waals surface area contributed by atoms with E-state index in [1.807, 2.05) is 38.1 Å². The van der Waals surface area contributed by atoms with Gasteiger partial charge in [-0.05, 0) is 61.6 Å². The van der Waals surface area contributed by atoms with Gasteiger partial charge < -0.3 is 5.73 Å². The summed E-state index contributed by atoms with van der Waals surface area (Å²) in [5.41, 5.74) is 7.45. The quantitative estimate of drug-likeness (QED) is 0.685. The van der Waals surface area contributed by atoms with Gasteiger partial charge in [0.25, 0.3) is 5.91 Å². The summed E-state index contributed by atoms with van der Waals surface area (Å²) in [6, 6.07) is 10.5. The Balaban J connectivity index is 2.26. The monoisotopic (exact) mass is 435 g/mol. The number of hydrogen-bond acceptors (Lipinski definition) is 4. The van der Waals surface area contributed by atoms with Crippen molar-refractivity contribution >= 4 is 22.7 Å². The molecule has 2 N–H and O–H groups in total. The highest BCUT2D eigenvalue weighted by Gasteiger charge is 2.53. The van der Waals surface area contributed by atoms with Gasteiger partial charge in [0.15, 0.2) is 6.67 Å². The fourth-order valence-corrected chi connectivity index (χ4v) is 5.64. The van der Waals surface area contributed by atoms with E-state index in [0.29, 0.717) is 19.4 Å². The summed E-state index contributed by atoms with van der Waals surface area (Å²) in [6.07, 6.45) is 1.17. The highest BCUT2D eigenvalue weighted by molar-refractivity contribution is 8.15. The van der Waals surface area contributed by atoms with Crippen molar-refractivity contribution < 1.29 is 18.0 Å². The summed E-state index contributed by atoms with van der Waals surface area (Å²) in [4.78, 5) is 11.6. The number of carbonyl (C=O) groups is 1. The summed E-state index contributed by atoms with van der Waals surface area (Å²) in [6.45, 7) is 2.95. The first-order valence-electron chi connectivity index (χ1n) is 9.77. The number of benzene rings is 2. The van der Waals surface area contributed by atoms with Gasteiger partial charge in [0.1, 0.15) is 21.5 Å². The number of halogens is 3. The lowest BCUT2D eigenvalue weighted by Gasteiger charge is -2.42. The summed E-state index contributed by atoms with van der Waals surface area (Å²) < 4.78 is 42.0. The molecule has 0 fully saturated rings. The lowest BCUT2D eigenvalue weighted by molar-refractivity contribution is -0.137. The Hall–Kier alpha value is -2.32. The van der Waals surface area contributed by atoms with Crippen LogP contribution in [0.3, 0.4) is 0 Å². The van der Waals surface area contributed by atoms with Gasteiger partial charge in [-0.15, -0.1) is 0 Å². The normalized spacial score (nSPS) is 19.7. The van der Waals surface area contributed by atoms with Crippen molar-refractivity contribution in [1.82, 2.24) is 5.01 Å². The van der Waals surface area contributed by atoms with E-state index in [9.17, 15) is 18.0 Å². The lowest BCUT2D eigenvalue weighted by Crippen LogP contribution is -2.48. The van der Waals surface area contributed by atoms with Gasteiger partial charge in [0, 0.05) is 5.56 Å². The van der Waals surface area contributed by atoms with Crippen LogP contribution in [0.4, 0.5) is 13.2 Å². The molecule has 2 aromatic rings. The number of thioether (sulfide) groups is 1. The standard InChI is InChI=1S/C22H24F3N3OS/c1-3-15(10-11-26)22(18-7-5-4-6-14(18)2)28(20(29)13-23)27-21(30-22)17-12-16(24)8-9-19(17)25/h4-9,12,15H,3,10-11,13,26H2,1-2H3/t15-,22-/m1/s1. The summed E-state index contributed by atoms with van der Waals surface area (Å²) in [7, 11) is 0. The van der Waals surface area contributed by atoms with E-state index >= 15 is 0 Å². The molecule has 0 saturated carbocycles. The van der Waals surface area contributed by atoms with Crippen LogP contribution in [0.25, 0.3) is 0 Å². The van der Waals surface area contributed by atoms with Crippen molar-refractivity contribution in [3.63, 3.8) is 0 Å². The molecule has 0 aliphatic carbocycles. The molecule has 1 aliphatic heterocycles. The zero-order valence-corrected chi connectivity index (χ0v) is 17.7. The van der Waals surface area contributed by atoms with Gasteiger partial charge in [-0.2, -0.15) is 5.10 Å². The zero-order valence-electron chi connectivity index (χ0n) is 16.9. The number of rotatable bonds is 7. The Morgan fingerprint density at radius 2 is 2.00 bits per heavy atom. The fourth-order valence-electron chi connectivity index (χ4n) is 3.94. The van der Waals surface area contributed by atoms with Crippen molar-refractivity contribution in [2.24, 2.45) is 16.8 Å². The number of hydrogen-bond donors (Lipinski definition) is 1. The molecule has 0 bridgehead atoms. The minimum atomic E-state index is -1.25. The number of nitrogens with two attached hydrogens (primary N) is 1. The fraction of sp³-hybridized carbons (Fsp3) is 0.364. The van der Waals surface area contributed by atoms with Crippen molar-refractivity contribution in [2.75, 3.05) is 13.2 Å². The molecule has 0 spiro atoms. The van der Waals surface area contributed by atoms with Gasteiger partial charge in [-0.1, -0.05) is 43.0 Å². The molecule has 160 valence electrons. The topological polar surface area (TPSA) is 58.7 Å². The van der Waals surface area contributed by atoms with Crippen molar-refractivity contribution in [3.05, 3.63) is 70.8 Å². The summed E-state index contributed by atoms with van der Waals surface area (Å²) in [5.74, 6) is -2.32. The van der Waals surface area contributed by atoms with E-state index in [1.165, 1.54) is 0 Å². The Bertz CT molecular complexity index is 968. The van der Waals surface area contributed by atoms with Crippen molar-refractivity contribution in [2.45, 2.75) is 31.6 Å². The molecule has 0 saturated heterocycles. The second-order valence-electron chi connectivity index (χ2n) is 7.16. The van der Waals surface area contributed by atoms with E-state index < -0.39 is 29.1 Å². The Kier molecular flexibility index (Phi) is 6.88. The minimum Gasteiger partial charge on any atom is -0.330 e. The average molecular weight is 436 g/mol. The number of aryl methyl sites for hydroxylation is 1. The van der Waals surface area contributed by atoms with Gasteiger partial charge in [0.05, 0.1) is 0 Å². The first kappa shape index (κ1) is 22.4. The third-order valence-corrected chi connectivity index (χ3v) is 6.89. The first-order valence-corrected chi connectivity index (χ1v) is 10.6. The van der Waals surface area contributed by atoms with E-state index in [1.54, 1.807) is 0 Å². The molecule has 0 radical (unpaired) electrons. The van der Waals surface area contributed by atoms with Crippen LogP contribution in [0.5, 0.6) is 0 Å². The van der Waals surface area contributed by atoms with Gasteiger partial charge in [0.2, 0.25) is 0 Å². The maximum Gasteiger partial charge on any atom is 0.275 e. The van der Waals surface area contributed by atoms with E-state index in [-0.39, 0.29) is 16.5 Å². The van der Waals surface area contributed by atoms with Crippen LogP contribution in [0, 0.1) is 24.5 Å². The molecular weight excluding hydrogens is 411 g/mol. The van der Waals surface area contributed by atoms with Crippen molar-refractivity contribution in [3.8, 4) is 0 Å². The van der Waals surface area contributed by atoms with Crippen LogP contribution >= 0.6 is 11.8 Å². The van der Waals surface area contributed by atoms with Crippen LogP contribution < -0.4 is 5.73 Å². The Morgan fingerprint density at radius 3 is 2.63 bits per heavy atom. The van der Waals surface area contributed by atoms with E-state index in [0.717, 1.165) is 46.1 Å². The second-order valence-corrected chi connectivity index (χ2v) is 8.38. The summed E-state index contributed by atoms with van der Waals surface area (Å²) >= 11 is 1.15. The highest BCUT2D eigenvalue weighted by Crippen LogP contribution is 2.55. The predicted molar refractivity (Wildman–Crippen MR) is 114 cm³/mol. The minimum absolute atomic E-state index is 0.0604. The molecule has 1 heterocycles. The molecule has 8 heteroatoms. The molecule has 1 amide bonds. The van der Waals surface area contributed by atoms with Gasteiger partial charge in [-0.25, -0.2) is 18.2 Å². The summed E-state index contributed by atoms with van der Waals surface area (Å²) in [5, 5.41) is 5.58. The molecule has 4 nitrogen and oxygen atoms in total. The third kappa shape index (κ3) is 3.86. The molecule has 0 unspecified atom stereocenters. The number of amides is 1. The number of carbonyl (C=O) groups excluding carboxylic acids is 1. The molecular formula is C22H24F3N3OS. The Morgan fingerprint density at radius 1 is 1.27 bits per heavy atom. The molecule has 2 aromatic carbocycles. The average Bonchev–Trinajstić information content (AvgIpc) is 3.14. The SMILES string of the molecule is CC[C@H](CCN)[C@]1(c2ccccc2C)SC(c2cc(F)ccc2F)=NN1C(=O)CF. The highest BCUT2D eigenvalue weighted by atomic mass is 32.2. The van der Waals surface area contributed by atoms with Gasteiger partial charge in [-0.3, -0.25) is 4.79 Å². The van der Waals surface area contributed by atoms with Crippen LogP contribution in [0.1, 0.15) is 36.5 Å². The van der Waals surface area contributed by atoms with Crippen LogP contribution in [-0.2, 0) is 9.67 Å². The van der Waals surface area contributed by atoms with Crippen molar-refractivity contribution in [1.29, 1.82) is 0 Å². The third-order valence-electron chi connectivity index (χ3n) is 5.36. The van der Waals surface area contributed by atoms with E-state index in [4.69, 9.17) is 5.73 Å². The molecule has 0 aromatic heterocycles. The number of alkyl halides is 1. The smallest absolute Gasteiger partial charge is 0.275 e. The zero-order chi connectivity index (χ0) is 21.9. The Labute approximate surface area is 178 Å². The van der Waals surface area contributed by atoms with Crippen LogP contribution in [-0.4, -0.2) is 29.2 Å². The number of nitrogens with zero attached hydrogens (tertiary/aromatic N) is 2. The maximum absolute atomic E-state index is 14.5. The number of hydrazone groups is 1. The predicted octanol–water partition coefficient (Wildman–Crippen LogP) is 4.71. The molecule has 3 rings (SSSR count). The lowest BCUT2D eigenvalue weighted by atomic mass is 9.85. The molecule has 30 heavy (non-hydrogen) atoms. The first-order chi connectivity index (χ1) is 14.4. The van der Waals surface area contributed by atoms with Crippen LogP contribution in [0.15, 0.2) is 47.6 Å². The van der Waals surface area contributed by atoms with E-state index in [2.05, 4.69) is 5.10 Å². The second kappa shape index (κ2) is 9.22. The maximum atomic E-state index is 14.5.